The van der Waals surface area contributed by atoms with Crippen molar-refractivity contribution in [3.05, 3.63) is 146 Å². The molecule has 1 heteroatoms. The Morgan fingerprint density at radius 1 is 0.366 bits per heavy atom. The summed E-state index contributed by atoms with van der Waals surface area (Å²) in [5.74, 6) is 0. The lowest BCUT2D eigenvalue weighted by Gasteiger charge is -2.17. The van der Waals surface area contributed by atoms with E-state index in [0.717, 1.165) is 21.9 Å². The second-order valence-electron chi connectivity index (χ2n) is 10.8. The van der Waals surface area contributed by atoms with Gasteiger partial charge in [-0.25, -0.2) is 0 Å². The lowest BCUT2D eigenvalue weighted by atomic mass is 9.85. The summed E-state index contributed by atoms with van der Waals surface area (Å²) in [6.07, 6.45) is 0. The van der Waals surface area contributed by atoms with E-state index >= 15 is 0 Å². The van der Waals surface area contributed by atoms with Crippen LogP contribution in [0, 0.1) is 0 Å². The third-order valence-electron chi connectivity index (χ3n) is 8.63. The van der Waals surface area contributed by atoms with Crippen LogP contribution in [-0.2, 0) is 0 Å². The molecular weight excluding hydrogens is 496 g/mol. The topological polar surface area (TPSA) is 13.1 Å². The molecule has 0 atom stereocenters. The highest BCUT2D eigenvalue weighted by Gasteiger charge is 2.20. The van der Waals surface area contributed by atoms with Crippen molar-refractivity contribution >= 4 is 65.0 Å². The van der Waals surface area contributed by atoms with Crippen LogP contribution in [0.1, 0.15) is 0 Å². The Kier molecular flexibility index (Phi) is 4.67. The van der Waals surface area contributed by atoms with Crippen molar-refractivity contribution in [1.82, 2.24) is 0 Å². The molecule has 1 nitrogen and oxygen atoms in total. The summed E-state index contributed by atoms with van der Waals surface area (Å²) in [6.45, 7) is 0. The largest absolute Gasteiger partial charge is 0.455 e. The van der Waals surface area contributed by atoms with Crippen LogP contribution >= 0.6 is 0 Å². The molecule has 0 N–H and O–H groups in total. The summed E-state index contributed by atoms with van der Waals surface area (Å²) >= 11 is 0. The van der Waals surface area contributed by atoms with Crippen LogP contribution < -0.4 is 0 Å². The van der Waals surface area contributed by atoms with Crippen LogP contribution in [0.4, 0.5) is 0 Å². The minimum Gasteiger partial charge on any atom is -0.455 e. The summed E-state index contributed by atoms with van der Waals surface area (Å²) in [5.41, 5.74) is 6.79. The maximum absolute atomic E-state index is 6.62. The van der Waals surface area contributed by atoms with Gasteiger partial charge in [-0.3, -0.25) is 0 Å². The van der Waals surface area contributed by atoms with E-state index in [2.05, 4.69) is 146 Å². The summed E-state index contributed by atoms with van der Waals surface area (Å²) in [5, 5.41) is 12.2. The summed E-state index contributed by atoms with van der Waals surface area (Å²) in [7, 11) is 0. The molecule has 1 aromatic heterocycles. The number of rotatable bonds is 2. The van der Waals surface area contributed by atoms with Gasteiger partial charge in [0.05, 0.1) is 0 Å². The maximum atomic E-state index is 6.62. The van der Waals surface area contributed by atoms with E-state index in [1.807, 2.05) is 0 Å². The molecule has 9 aromatic rings. The first kappa shape index (κ1) is 22.4. The smallest absolute Gasteiger partial charge is 0.143 e. The van der Waals surface area contributed by atoms with E-state index in [-0.39, 0.29) is 0 Å². The Morgan fingerprint density at radius 3 is 1.93 bits per heavy atom. The molecule has 190 valence electrons. The molecule has 0 spiro atoms. The maximum Gasteiger partial charge on any atom is 0.143 e. The highest BCUT2D eigenvalue weighted by atomic mass is 16.3. The standard InChI is InChI=1S/C40H24O/c1-2-11-25(12-3-1)34-24-36-35(31-18-9-8-17-30(31)34)23-27-14-5-6-15-28(27)38(36)32-19-10-20-37-39(32)33-22-21-26-13-4-7-16-29(26)40(33)41-37/h1-24H. The van der Waals surface area contributed by atoms with Gasteiger partial charge in [0.25, 0.3) is 0 Å². The highest BCUT2D eigenvalue weighted by Crippen LogP contribution is 2.46. The molecule has 0 unspecified atom stereocenters. The van der Waals surface area contributed by atoms with Crippen LogP contribution in [0.3, 0.4) is 0 Å². The van der Waals surface area contributed by atoms with Crippen molar-refractivity contribution in [3.63, 3.8) is 0 Å². The van der Waals surface area contributed by atoms with Gasteiger partial charge in [0.1, 0.15) is 11.2 Å². The zero-order chi connectivity index (χ0) is 26.9. The molecule has 0 aliphatic carbocycles. The average Bonchev–Trinajstić information content (AvgIpc) is 3.43. The quantitative estimate of drug-likeness (QED) is 0.163. The third kappa shape index (κ3) is 3.24. The second-order valence-corrected chi connectivity index (χ2v) is 10.8. The van der Waals surface area contributed by atoms with Gasteiger partial charge in [0.15, 0.2) is 0 Å². The Hall–Kier alpha value is -5.40. The number of hydrogen-bond acceptors (Lipinski definition) is 1. The van der Waals surface area contributed by atoms with Crippen molar-refractivity contribution in [3.8, 4) is 22.3 Å². The lowest BCUT2D eigenvalue weighted by molar-refractivity contribution is 0.673. The fourth-order valence-electron chi connectivity index (χ4n) is 6.82. The average molecular weight is 521 g/mol. The summed E-state index contributed by atoms with van der Waals surface area (Å²) in [6, 6.07) is 52.6. The van der Waals surface area contributed by atoms with Gasteiger partial charge in [0, 0.05) is 16.2 Å². The van der Waals surface area contributed by atoms with Gasteiger partial charge in [-0.05, 0) is 84.2 Å². The number of benzene rings is 8. The predicted octanol–water partition coefficient (Wildman–Crippen LogP) is 11.5. The van der Waals surface area contributed by atoms with Gasteiger partial charge in [-0.15, -0.1) is 0 Å². The van der Waals surface area contributed by atoms with Gasteiger partial charge < -0.3 is 4.42 Å². The Labute approximate surface area is 236 Å². The minimum absolute atomic E-state index is 0.916. The number of furan rings is 1. The van der Waals surface area contributed by atoms with Crippen LogP contribution in [0.2, 0.25) is 0 Å². The third-order valence-corrected chi connectivity index (χ3v) is 8.63. The zero-order valence-electron chi connectivity index (χ0n) is 22.3. The molecule has 0 aliphatic rings. The molecule has 0 saturated heterocycles. The molecule has 8 aromatic carbocycles. The molecular formula is C40H24O. The van der Waals surface area contributed by atoms with E-state index in [0.29, 0.717) is 0 Å². The molecule has 1 heterocycles. The molecule has 0 aliphatic heterocycles. The van der Waals surface area contributed by atoms with Gasteiger partial charge in [0.2, 0.25) is 0 Å². The van der Waals surface area contributed by atoms with Gasteiger partial charge in [-0.1, -0.05) is 121 Å². The van der Waals surface area contributed by atoms with Crippen molar-refractivity contribution in [2.75, 3.05) is 0 Å². The van der Waals surface area contributed by atoms with Crippen molar-refractivity contribution in [2.45, 2.75) is 0 Å². The minimum atomic E-state index is 0.916. The van der Waals surface area contributed by atoms with Crippen LogP contribution in [0.25, 0.3) is 87.3 Å². The second kappa shape index (κ2) is 8.55. The van der Waals surface area contributed by atoms with E-state index in [1.165, 1.54) is 65.3 Å². The fourth-order valence-corrected chi connectivity index (χ4v) is 6.82. The SMILES string of the molecule is c1ccc(-c2cc3c(-c4cccc5oc6c7ccccc7ccc6c45)c4ccccc4cc3c3ccccc23)cc1. The van der Waals surface area contributed by atoms with E-state index in [4.69, 9.17) is 4.42 Å². The molecule has 41 heavy (non-hydrogen) atoms. The molecule has 0 bridgehead atoms. The predicted molar refractivity (Wildman–Crippen MR) is 175 cm³/mol. The van der Waals surface area contributed by atoms with Gasteiger partial charge >= 0.3 is 0 Å². The van der Waals surface area contributed by atoms with Crippen molar-refractivity contribution in [2.24, 2.45) is 0 Å². The fraction of sp³-hybridized carbons (Fsp3) is 0. The number of fused-ring (bicyclic) bond motifs is 9. The summed E-state index contributed by atoms with van der Waals surface area (Å²) < 4.78 is 6.62. The Balaban J connectivity index is 1.50. The van der Waals surface area contributed by atoms with E-state index in [9.17, 15) is 0 Å². The monoisotopic (exact) mass is 520 g/mol. The molecule has 0 fully saturated rings. The van der Waals surface area contributed by atoms with E-state index < -0.39 is 0 Å². The summed E-state index contributed by atoms with van der Waals surface area (Å²) in [4.78, 5) is 0. The van der Waals surface area contributed by atoms with Crippen molar-refractivity contribution in [1.29, 1.82) is 0 Å². The number of hydrogen-bond donors (Lipinski definition) is 0. The molecule has 9 rings (SSSR count). The van der Waals surface area contributed by atoms with Crippen LogP contribution in [-0.4, -0.2) is 0 Å². The van der Waals surface area contributed by atoms with Crippen LogP contribution in [0.5, 0.6) is 0 Å². The Bertz CT molecular complexity index is 2460. The normalized spacial score (nSPS) is 11.9. The van der Waals surface area contributed by atoms with E-state index in [1.54, 1.807) is 0 Å². The van der Waals surface area contributed by atoms with Crippen molar-refractivity contribution < 1.29 is 4.42 Å². The first-order valence-corrected chi connectivity index (χ1v) is 14.1. The zero-order valence-corrected chi connectivity index (χ0v) is 22.3. The lowest BCUT2D eigenvalue weighted by Crippen LogP contribution is -1.90. The molecule has 0 amide bonds. The Morgan fingerprint density at radius 2 is 1.07 bits per heavy atom. The first-order valence-electron chi connectivity index (χ1n) is 14.1. The molecule has 0 radical (unpaired) electrons. The van der Waals surface area contributed by atoms with Crippen LogP contribution in [0.15, 0.2) is 150 Å². The van der Waals surface area contributed by atoms with Gasteiger partial charge in [-0.2, -0.15) is 0 Å². The first-order chi connectivity index (χ1) is 20.3. The highest BCUT2D eigenvalue weighted by molar-refractivity contribution is 6.27. The molecule has 0 saturated carbocycles.